The Morgan fingerprint density at radius 3 is 2.58 bits per heavy atom. The minimum absolute atomic E-state index is 0.00818. The summed E-state index contributed by atoms with van der Waals surface area (Å²) in [6.45, 7) is 6.46. The third-order valence-electron chi connectivity index (χ3n) is 3.74. The van der Waals surface area contributed by atoms with Gasteiger partial charge in [0.05, 0.1) is 29.5 Å². The number of carbonyl (C=O) groups excluding carboxylic acids is 1. The first kappa shape index (κ1) is 17.6. The Bertz CT molecular complexity index is 1020. The Hall–Kier alpha value is -3.23. The van der Waals surface area contributed by atoms with Crippen LogP contribution in [-0.2, 0) is 11.0 Å². The van der Waals surface area contributed by atoms with Crippen molar-refractivity contribution >= 4 is 22.6 Å². The molecule has 26 heavy (non-hydrogen) atoms. The molecule has 3 aromatic rings. The lowest BCUT2D eigenvalue weighted by atomic mass is 10.2. The molecule has 0 unspecified atom stereocenters. The molecule has 0 atom stereocenters. The van der Waals surface area contributed by atoms with E-state index in [0.717, 1.165) is 12.3 Å². The number of aromatic nitrogens is 4. The van der Waals surface area contributed by atoms with Crippen LogP contribution in [0.3, 0.4) is 0 Å². The topological polar surface area (TPSA) is 72.7 Å². The van der Waals surface area contributed by atoms with E-state index in [-0.39, 0.29) is 11.5 Å². The van der Waals surface area contributed by atoms with E-state index in [1.165, 1.54) is 23.9 Å². The van der Waals surface area contributed by atoms with Gasteiger partial charge in [0.1, 0.15) is 5.69 Å². The zero-order valence-corrected chi connectivity index (χ0v) is 13.9. The first-order valence-electron chi connectivity index (χ1n) is 7.53. The maximum absolute atomic E-state index is 12.9. The fourth-order valence-electron chi connectivity index (χ4n) is 2.56. The maximum atomic E-state index is 12.9. The molecule has 134 valence electrons. The molecular formula is C17H14F3N5O. The van der Waals surface area contributed by atoms with Crippen molar-refractivity contribution in [2.75, 3.05) is 5.32 Å². The molecule has 0 radical (unpaired) electrons. The average Bonchev–Trinajstić information content (AvgIpc) is 2.90. The molecule has 0 bridgehead atoms. The lowest BCUT2D eigenvalue weighted by Crippen LogP contribution is -2.11. The summed E-state index contributed by atoms with van der Waals surface area (Å²) in [5.41, 5.74) is 0.943. The molecule has 0 aliphatic heterocycles. The lowest BCUT2D eigenvalue weighted by molar-refractivity contribution is -0.141. The van der Waals surface area contributed by atoms with Crippen LogP contribution >= 0.6 is 0 Å². The molecule has 0 saturated carbocycles. The highest BCUT2D eigenvalue weighted by Crippen LogP contribution is 2.31. The number of aryl methyl sites for hydroxylation is 2. The number of hydrogen-bond acceptors (Lipinski definition) is 4. The van der Waals surface area contributed by atoms with Gasteiger partial charge >= 0.3 is 6.18 Å². The molecule has 3 heterocycles. The Morgan fingerprint density at radius 2 is 1.96 bits per heavy atom. The minimum Gasteiger partial charge on any atom is -0.321 e. The summed E-state index contributed by atoms with van der Waals surface area (Å²) in [6, 6.07) is 3.05. The smallest absolute Gasteiger partial charge is 0.321 e. The Balaban J connectivity index is 2.08. The van der Waals surface area contributed by atoms with Gasteiger partial charge in [-0.2, -0.15) is 18.3 Å². The third kappa shape index (κ3) is 3.15. The van der Waals surface area contributed by atoms with Crippen LogP contribution < -0.4 is 5.32 Å². The van der Waals surface area contributed by atoms with Crippen molar-refractivity contribution in [2.24, 2.45) is 0 Å². The summed E-state index contributed by atoms with van der Waals surface area (Å²) in [7, 11) is 0. The van der Waals surface area contributed by atoms with Crippen LogP contribution in [0.5, 0.6) is 0 Å². The summed E-state index contributed by atoms with van der Waals surface area (Å²) >= 11 is 0. The molecule has 3 rings (SSSR count). The molecule has 0 aliphatic rings. The minimum atomic E-state index is -4.51. The predicted octanol–water partition coefficient (Wildman–Crippen LogP) is 3.58. The SMILES string of the molecule is C=CC(=O)Nc1cnc2c(c1)c(C)nn2-c1cnc(C(F)(F)F)c(C)c1. The number of halogens is 3. The molecule has 0 aliphatic carbocycles. The number of nitrogens with zero attached hydrogens (tertiary/aromatic N) is 4. The monoisotopic (exact) mass is 361 g/mol. The second-order valence-corrected chi connectivity index (χ2v) is 5.64. The van der Waals surface area contributed by atoms with Crippen molar-refractivity contribution in [3.63, 3.8) is 0 Å². The normalized spacial score (nSPS) is 11.6. The van der Waals surface area contributed by atoms with Crippen LogP contribution in [0.1, 0.15) is 17.0 Å². The standard InChI is InChI=1S/C17H14F3N5O/c1-4-14(26)23-11-6-13-10(3)24-25(16(13)22-7-11)12-5-9(2)15(21-8-12)17(18,19)20/h4-8H,1H2,2-3H3,(H,23,26). The van der Waals surface area contributed by atoms with Gasteiger partial charge in [0.2, 0.25) is 5.91 Å². The van der Waals surface area contributed by atoms with Crippen LogP contribution in [0.25, 0.3) is 16.7 Å². The van der Waals surface area contributed by atoms with Gasteiger partial charge in [0.15, 0.2) is 5.65 Å². The Labute approximate surface area is 146 Å². The molecular weight excluding hydrogens is 347 g/mol. The quantitative estimate of drug-likeness (QED) is 0.724. The molecule has 1 N–H and O–H groups in total. The maximum Gasteiger partial charge on any atom is 0.433 e. The molecule has 9 heteroatoms. The van der Waals surface area contributed by atoms with Crippen LogP contribution in [0.4, 0.5) is 18.9 Å². The lowest BCUT2D eigenvalue weighted by Gasteiger charge is -2.10. The van der Waals surface area contributed by atoms with Crippen LogP contribution in [0.15, 0.2) is 37.2 Å². The zero-order chi connectivity index (χ0) is 19.1. The Kier molecular flexibility index (Phi) is 4.23. The fourth-order valence-corrected chi connectivity index (χ4v) is 2.56. The summed E-state index contributed by atoms with van der Waals surface area (Å²) < 4.78 is 40.1. The Morgan fingerprint density at radius 1 is 1.23 bits per heavy atom. The molecule has 1 amide bonds. The average molecular weight is 361 g/mol. The molecule has 0 saturated heterocycles. The van der Waals surface area contributed by atoms with Gasteiger partial charge in [-0.1, -0.05) is 6.58 Å². The number of amides is 1. The van der Waals surface area contributed by atoms with Gasteiger partial charge in [-0.05, 0) is 37.6 Å². The second kappa shape index (κ2) is 6.25. The molecule has 3 aromatic heterocycles. The number of nitrogens with one attached hydrogen (secondary N) is 1. The molecule has 0 spiro atoms. The van der Waals surface area contributed by atoms with Gasteiger partial charge in [-0.15, -0.1) is 0 Å². The second-order valence-electron chi connectivity index (χ2n) is 5.64. The van der Waals surface area contributed by atoms with Gasteiger partial charge < -0.3 is 5.32 Å². The van der Waals surface area contributed by atoms with Crippen molar-refractivity contribution in [1.29, 1.82) is 0 Å². The first-order chi connectivity index (χ1) is 12.2. The first-order valence-corrected chi connectivity index (χ1v) is 7.53. The van der Waals surface area contributed by atoms with Gasteiger partial charge in [0, 0.05) is 5.39 Å². The van der Waals surface area contributed by atoms with Crippen molar-refractivity contribution in [3.05, 3.63) is 54.1 Å². The number of anilines is 1. The summed E-state index contributed by atoms with van der Waals surface area (Å²) in [5.74, 6) is -0.376. The molecule has 6 nitrogen and oxygen atoms in total. The number of pyridine rings is 2. The van der Waals surface area contributed by atoms with Crippen LogP contribution in [0, 0.1) is 13.8 Å². The van der Waals surface area contributed by atoms with E-state index in [2.05, 4.69) is 27.0 Å². The number of alkyl halides is 3. The number of fused-ring (bicyclic) bond motifs is 1. The van der Waals surface area contributed by atoms with Crippen molar-refractivity contribution in [1.82, 2.24) is 19.7 Å². The van der Waals surface area contributed by atoms with Crippen molar-refractivity contribution in [2.45, 2.75) is 20.0 Å². The highest BCUT2D eigenvalue weighted by molar-refractivity contribution is 6.00. The number of rotatable bonds is 3. The predicted molar refractivity (Wildman–Crippen MR) is 90.0 cm³/mol. The molecule has 0 aromatic carbocycles. The van der Waals surface area contributed by atoms with E-state index in [4.69, 9.17) is 0 Å². The zero-order valence-electron chi connectivity index (χ0n) is 13.9. The third-order valence-corrected chi connectivity index (χ3v) is 3.74. The summed E-state index contributed by atoms with van der Waals surface area (Å²) in [4.78, 5) is 19.2. The van der Waals surface area contributed by atoms with E-state index in [1.807, 2.05) is 0 Å². The summed E-state index contributed by atoms with van der Waals surface area (Å²) in [6.07, 6.45) is -0.832. The van der Waals surface area contributed by atoms with Crippen LogP contribution in [-0.4, -0.2) is 25.7 Å². The van der Waals surface area contributed by atoms with E-state index >= 15 is 0 Å². The highest BCUT2D eigenvalue weighted by Gasteiger charge is 2.34. The number of hydrogen-bond donors (Lipinski definition) is 1. The van der Waals surface area contributed by atoms with E-state index in [1.54, 1.807) is 13.0 Å². The fraction of sp³-hybridized carbons (Fsp3) is 0.176. The van der Waals surface area contributed by atoms with Gasteiger partial charge in [-0.25, -0.2) is 14.6 Å². The van der Waals surface area contributed by atoms with E-state index in [0.29, 0.717) is 28.1 Å². The van der Waals surface area contributed by atoms with Crippen molar-refractivity contribution < 1.29 is 18.0 Å². The van der Waals surface area contributed by atoms with Gasteiger partial charge in [0.25, 0.3) is 0 Å². The summed E-state index contributed by atoms with van der Waals surface area (Å²) in [5, 5.41) is 7.59. The number of carbonyl (C=O) groups is 1. The molecule has 0 fully saturated rings. The van der Waals surface area contributed by atoms with E-state index < -0.39 is 11.9 Å². The van der Waals surface area contributed by atoms with Crippen LogP contribution in [0.2, 0.25) is 0 Å². The van der Waals surface area contributed by atoms with Gasteiger partial charge in [-0.3, -0.25) is 4.79 Å². The van der Waals surface area contributed by atoms with E-state index in [9.17, 15) is 18.0 Å². The van der Waals surface area contributed by atoms with Crippen molar-refractivity contribution in [3.8, 4) is 5.69 Å². The highest BCUT2D eigenvalue weighted by atomic mass is 19.4. The largest absolute Gasteiger partial charge is 0.433 e.